The molecule has 1 amide bonds. The maximum Gasteiger partial charge on any atom is 0.313 e. The summed E-state index contributed by atoms with van der Waals surface area (Å²) in [7, 11) is 0. The molecule has 1 saturated heterocycles. The molecule has 1 heterocycles. The molecule has 1 unspecified atom stereocenters. The van der Waals surface area contributed by atoms with Crippen LogP contribution in [0.3, 0.4) is 0 Å². The highest BCUT2D eigenvalue weighted by Crippen LogP contribution is 2.36. The Hall–Kier alpha value is -2.86. The lowest BCUT2D eigenvalue weighted by Gasteiger charge is -2.41. The SMILES string of the molecule is CCOC(=O)C1(CCOc2ccccc2)CCCN(Cc2ccc(NC(C)=O)cc2)C1. The zero-order valence-corrected chi connectivity index (χ0v) is 18.4. The third-order valence-corrected chi connectivity index (χ3v) is 5.64. The Morgan fingerprint density at radius 1 is 1.10 bits per heavy atom. The summed E-state index contributed by atoms with van der Waals surface area (Å²) in [6, 6.07) is 17.5. The Bertz CT molecular complexity index is 854. The van der Waals surface area contributed by atoms with Gasteiger partial charge in [-0.2, -0.15) is 0 Å². The molecule has 1 fully saturated rings. The first-order chi connectivity index (χ1) is 15.0. The van der Waals surface area contributed by atoms with Crippen molar-refractivity contribution >= 4 is 17.6 Å². The van der Waals surface area contributed by atoms with E-state index in [0.717, 1.165) is 42.9 Å². The maximum absolute atomic E-state index is 13.0. The second kappa shape index (κ2) is 11.0. The number of likely N-dealkylation sites (tertiary alicyclic amines) is 1. The molecule has 0 saturated carbocycles. The molecule has 2 aromatic rings. The zero-order chi connectivity index (χ0) is 22.1. The number of para-hydroxylation sites is 1. The van der Waals surface area contributed by atoms with Crippen LogP contribution in [0.5, 0.6) is 5.75 Å². The molecule has 166 valence electrons. The van der Waals surface area contributed by atoms with Crippen LogP contribution in [0.1, 0.15) is 38.7 Å². The van der Waals surface area contributed by atoms with Crippen LogP contribution < -0.4 is 10.1 Å². The Morgan fingerprint density at radius 3 is 2.52 bits per heavy atom. The second-order valence-corrected chi connectivity index (χ2v) is 8.10. The van der Waals surface area contributed by atoms with E-state index in [1.54, 1.807) is 0 Å². The molecule has 2 aromatic carbocycles. The van der Waals surface area contributed by atoms with Crippen LogP contribution in [0.15, 0.2) is 54.6 Å². The van der Waals surface area contributed by atoms with Gasteiger partial charge in [0.1, 0.15) is 5.75 Å². The van der Waals surface area contributed by atoms with Crippen molar-refractivity contribution in [2.75, 3.05) is 31.6 Å². The molecule has 6 nitrogen and oxygen atoms in total. The predicted molar refractivity (Wildman–Crippen MR) is 121 cm³/mol. The molecule has 1 aliphatic rings. The van der Waals surface area contributed by atoms with Crippen molar-refractivity contribution in [3.8, 4) is 5.75 Å². The summed E-state index contributed by atoms with van der Waals surface area (Å²) in [6.45, 7) is 6.54. The Labute approximate surface area is 184 Å². The quantitative estimate of drug-likeness (QED) is 0.609. The number of nitrogens with one attached hydrogen (secondary N) is 1. The van der Waals surface area contributed by atoms with Gasteiger partial charge in [-0.15, -0.1) is 0 Å². The van der Waals surface area contributed by atoms with Crippen molar-refractivity contribution in [2.24, 2.45) is 5.41 Å². The van der Waals surface area contributed by atoms with Gasteiger partial charge >= 0.3 is 5.97 Å². The van der Waals surface area contributed by atoms with Crippen LogP contribution >= 0.6 is 0 Å². The number of esters is 1. The van der Waals surface area contributed by atoms with Gasteiger partial charge in [0.05, 0.1) is 18.6 Å². The zero-order valence-electron chi connectivity index (χ0n) is 18.4. The molecular formula is C25H32N2O4. The van der Waals surface area contributed by atoms with E-state index >= 15 is 0 Å². The molecular weight excluding hydrogens is 392 g/mol. The van der Waals surface area contributed by atoms with E-state index in [2.05, 4.69) is 10.2 Å². The molecule has 6 heteroatoms. The summed E-state index contributed by atoms with van der Waals surface area (Å²) in [4.78, 5) is 26.5. The lowest BCUT2D eigenvalue weighted by molar-refractivity contribution is -0.160. The summed E-state index contributed by atoms with van der Waals surface area (Å²) in [5, 5.41) is 2.79. The van der Waals surface area contributed by atoms with Gasteiger partial charge < -0.3 is 14.8 Å². The number of nitrogens with zero attached hydrogens (tertiary/aromatic N) is 1. The van der Waals surface area contributed by atoms with Gasteiger partial charge in [-0.3, -0.25) is 14.5 Å². The van der Waals surface area contributed by atoms with Crippen LogP contribution in [0.2, 0.25) is 0 Å². The summed E-state index contributed by atoms with van der Waals surface area (Å²) in [6.07, 6.45) is 2.37. The van der Waals surface area contributed by atoms with Crippen LogP contribution in [-0.2, 0) is 20.9 Å². The Kier molecular flexibility index (Phi) is 8.06. The molecule has 0 radical (unpaired) electrons. The standard InChI is InChI=1S/C25H32N2O4/c1-3-30-24(29)25(15-17-31-23-8-5-4-6-9-23)14-7-16-27(19-25)18-21-10-12-22(13-11-21)26-20(2)28/h4-6,8-13H,3,7,14-19H2,1-2H3,(H,26,28). The van der Waals surface area contributed by atoms with E-state index in [1.165, 1.54) is 6.92 Å². The molecule has 0 bridgehead atoms. The third-order valence-electron chi connectivity index (χ3n) is 5.64. The number of hydrogen-bond donors (Lipinski definition) is 1. The van der Waals surface area contributed by atoms with E-state index in [0.29, 0.717) is 26.2 Å². The number of benzene rings is 2. The number of carbonyl (C=O) groups excluding carboxylic acids is 2. The number of anilines is 1. The van der Waals surface area contributed by atoms with Crippen LogP contribution in [0.4, 0.5) is 5.69 Å². The monoisotopic (exact) mass is 424 g/mol. The summed E-state index contributed by atoms with van der Waals surface area (Å²) < 4.78 is 11.4. The fourth-order valence-electron chi connectivity index (χ4n) is 4.15. The summed E-state index contributed by atoms with van der Waals surface area (Å²) >= 11 is 0. The number of hydrogen-bond acceptors (Lipinski definition) is 5. The minimum atomic E-state index is -0.556. The molecule has 0 spiro atoms. The van der Waals surface area contributed by atoms with E-state index in [4.69, 9.17) is 9.47 Å². The lowest BCUT2D eigenvalue weighted by Crippen LogP contribution is -2.49. The van der Waals surface area contributed by atoms with Gasteiger partial charge in [0.2, 0.25) is 5.91 Å². The number of piperidine rings is 1. The number of ether oxygens (including phenoxy) is 2. The van der Waals surface area contributed by atoms with E-state index in [9.17, 15) is 9.59 Å². The van der Waals surface area contributed by atoms with Gasteiger partial charge in [0.25, 0.3) is 0 Å². The largest absolute Gasteiger partial charge is 0.494 e. The average molecular weight is 425 g/mol. The minimum Gasteiger partial charge on any atom is -0.494 e. The fourth-order valence-corrected chi connectivity index (χ4v) is 4.15. The fraction of sp³-hybridized carbons (Fsp3) is 0.440. The summed E-state index contributed by atoms with van der Waals surface area (Å²) in [5.41, 5.74) is 1.38. The number of rotatable bonds is 9. The Morgan fingerprint density at radius 2 is 1.84 bits per heavy atom. The highest BCUT2D eigenvalue weighted by atomic mass is 16.5. The second-order valence-electron chi connectivity index (χ2n) is 8.10. The van der Waals surface area contributed by atoms with E-state index in [-0.39, 0.29) is 11.9 Å². The highest BCUT2D eigenvalue weighted by molar-refractivity contribution is 5.88. The van der Waals surface area contributed by atoms with Gasteiger partial charge in [-0.05, 0) is 62.6 Å². The highest BCUT2D eigenvalue weighted by Gasteiger charge is 2.43. The van der Waals surface area contributed by atoms with Crippen LogP contribution in [0.25, 0.3) is 0 Å². The molecule has 31 heavy (non-hydrogen) atoms. The van der Waals surface area contributed by atoms with Crippen molar-refractivity contribution < 1.29 is 19.1 Å². The average Bonchev–Trinajstić information content (AvgIpc) is 2.76. The van der Waals surface area contributed by atoms with E-state index in [1.807, 2.05) is 61.5 Å². The number of amides is 1. The van der Waals surface area contributed by atoms with Gasteiger partial charge in [-0.1, -0.05) is 30.3 Å². The molecule has 0 aliphatic carbocycles. The van der Waals surface area contributed by atoms with Crippen molar-refractivity contribution in [1.29, 1.82) is 0 Å². The van der Waals surface area contributed by atoms with Crippen molar-refractivity contribution in [3.63, 3.8) is 0 Å². The smallest absolute Gasteiger partial charge is 0.313 e. The maximum atomic E-state index is 13.0. The third kappa shape index (κ3) is 6.56. The first kappa shape index (κ1) is 22.8. The van der Waals surface area contributed by atoms with Crippen molar-refractivity contribution in [3.05, 3.63) is 60.2 Å². The summed E-state index contributed by atoms with van der Waals surface area (Å²) in [5.74, 6) is 0.603. The number of carbonyl (C=O) groups is 2. The van der Waals surface area contributed by atoms with Crippen molar-refractivity contribution in [2.45, 2.75) is 39.7 Å². The van der Waals surface area contributed by atoms with Crippen LogP contribution in [-0.4, -0.2) is 43.1 Å². The molecule has 3 rings (SSSR count). The molecule has 1 atom stereocenters. The minimum absolute atomic E-state index is 0.0827. The van der Waals surface area contributed by atoms with Gasteiger partial charge in [-0.25, -0.2) is 0 Å². The molecule has 0 aromatic heterocycles. The first-order valence-electron chi connectivity index (χ1n) is 10.9. The molecule has 1 N–H and O–H groups in total. The predicted octanol–water partition coefficient (Wildman–Crippen LogP) is 4.26. The normalized spacial score (nSPS) is 18.9. The van der Waals surface area contributed by atoms with Crippen molar-refractivity contribution in [1.82, 2.24) is 4.90 Å². The van der Waals surface area contributed by atoms with Gasteiger partial charge in [0.15, 0.2) is 0 Å². The Balaban J connectivity index is 1.65. The lowest BCUT2D eigenvalue weighted by atomic mass is 9.77. The van der Waals surface area contributed by atoms with E-state index < -0.39 is 5.41 Å². The topological polar surface area (TPSA) is 67.9 Å². The van der Waals surface area contributed by atoms with Gasteiger partial charge in [0, 0.05) is 25.7 Å². The first-order valence-corrected chi connectivity index (χ1v) is 10.9. The molecule has 1 aliphatic heterocycles. The van der Waals surface area contributed by atoms with Crippen LogP contribution in [0, 0.1) is 5.41 Å².